The lowest BCUT2D eigenvalue weighted by atomic mass is 9.54. The number of benzene rings is 1. The Kier molecular flexibility index (Phi) is 4.51. The Labute approximate surface area is 147 Å². The highest BCUT2D eigenvalue weighted by molar-refractivity contribution is 7.13. The molecule has 0 radical (unpaired) electrons. The van der Waals surface area contributed by atoms with Crippen LogP contribution in [0.1, 0.15) is 27.2 Å². The molecule has 0 aliphatic heterocycles. The molecule has 1 aromatic carbocycles. The summed E-state index contributed by atoms with van der Waals surface area (Å²) in [7, 11) is 0. The summed E-state index contributed by atoms with van der Waals surface area (Å²) in [6.07, 6.45) is 0.570. The van der Waals surface area contributed by atoms with Crippen molar-refractivity contribution < 1.29 is 9.53 Å². The molecule has 0 saturated heterocycles. The molecule has 5 heteroatoms. The van der Waals surface area contributed by atoms with E-state index in [1.165, 1.54) is 4.88 Å². The summed E-state index contributed by atoms with van der Waals surface area (Å²) < 4.78 is 5.70. The highest BCUT2D eigenvalue weighted by atomic mass is 32.1. The molecule has 1 fully saturated rings. The molecule has 3 N–H and O–H groups in total. The van der Waals surface area contributed by atoms with Gasteiger partial charge in [-0.15, -0.1) is 11.3 Å². The number of anilines is 1. The summed E-state index contributed by atoms with van der Waals surface area (Å²) in [5, 5.41) is 5.03. The van der Waals surface area contributed by atoms with Crippen molar-refractivity contribution in [2.75, 3.05) is 11.9 Å². The van der Waals surface area contributed by atoms with E-state index < -0.39 is 11.0 Å². The zero-order chi connectivity index (χ0) is 17.4. The number of carbonyl (C=O) groups excluding carboxylic acids is 1. The van der Waals surface area contributed by atoms with Gasteiger partial charge >= 0.3 is 0 Å². The molecule has 1 heterocycles. The van der Waals surface area contributed by atoms with Crippen molar-refractivity contribution in [2.45, 2.75) is 38.8 Å². The van der Waals surface area contributed by atoms with Crippen LogP contribution in [0.15, 0.2) is 41.8 Å². The third-order valence-electron chi connectivity index (χ3n) is 5.16. The maximum atomic E-state index is 12.8. The van der Waals surface area contributed by atoms with Gasteiger partial charge in [0.1, 0.15) is 5.54 Å². The van der Waals surface area contributed by atoms with Crippen LogP contribution in [0.4, 0.5) is 5.69 Å². The van der Waals surface area contributed by atoms with Gasteiger partial charge in [-0.2, -0.15) is 0 Å². The number of amides is 1. The number of thiophene rings is 1. The van der Waals surface area contributed by atoms with Gasteiger partial charge in [0.25, 0.3) is 0 Å². The maximum absolute atomic E-state index is 12.8. The molecule has 128 valence electrons. The molecule has 24 heavy (non-hydrogen) atoms. The Morgan fingerprint density at radius 1 is 1.38 bits per heavy atom. The first-order chi connectivity index (χ1) is 11.4. The monoisotopic (exact) mass is 344 g/mol. The summed E-state index contributed by atoms with van der Waals surface area (Å²) >= 11 is 1.68. The molecule has 4 nitrogen and oxygen atoms in total. The SMILES string of the molecule is CCOC1CC(N)(C(=O)Nc2cccc(-c3cccs3)c2)C1(C)C. The van der Waals surface area contributed by atoms with Gasteiger partial charge in [-0.3, -0.25) is 4.79 Å². The predicted octanol–water partition coefficient (Wildman–Crippen LogP) is 3.89. The molecule has 3 rings (SSSR count). The lowest BCUT2D eigenvalue weighted by Crippen LogP contribution is -2.74. The van der Waals surface area contributed by atoms with Crippen molar-refractivity contribution >= 4 is 22.9 Å². The molecular weight excluding hydrogens is 320 g/mol. The molecule has 2 unspecified atom stereocenters. The smallest absolute Gasteiger partial charge is 0.245 e. The number of carbonyl (C=O) groups is 1. The molecule has 0 bridgehead atoms. The van der Waals surface area contributed by atoms with Gasteiger partial charge in [0.2, 0.25) is 5.91 Å². The van der Waals surface area contributed by atoms with Gasteiger partial charge in [-0.1, -0.05) is 32.0 Å². The van der Waals surface area contributed by atoms with Crippen LogP contribution in [0.25, 0.3) is 10.4 Å². The molecule has 1 aromatic heterocycles. The van der Waals surface area contributed by atoms with E-state index in [4.69, 9.17) is 10.5 Å². The fourth-order valence-electron chi connectivity index (χ4n) is 3.26. The van der Waals surface area contributed by atoms with Crippen LogP contribution in [-0.2, 0) is 9.53 Å². The Morgan fingerprint density at radius 2 is 2.17 bits per heavy atom. The van der Waals surface area contributed by atoms with Crippen LogP contribution in [0.3, 0.4) is 0 Å². The molecular formula is C19H24N2O2S. The fraction of sp³-hybridized carbons (Fsp3) is 0.421. The Balaban J connectivity index is 1.75. The van der Waals surface area contributed by atoms with Crippen molar-refractivity contribution in [1.29, 1.82) is 0 Å². The zero-order valence-corrected chi connectivity index (χ0v) is 15.2. The summed E-state index contributed by atoms with van der Waals surface area (Å²) in [5.41, 5.74) is 7.00. The Bertz CT molecular complexity index is 727. The van der Waals surface area contributed by atoms with Crippen LogP contribution in [0.5, 0.6) is 0 Å². The summed E-state index contributed by atoms with van der Waals surface area (Å²) in [5.74, 6) is -0.146. The van der Waals surface area contributed by atoms with Gasteiger partial charge < -0.3 is 15.8 Å². The zero-order valence-electron chi connectivity index (χ0n) is 14.3. The predicted molar refractivity (Wildman–Crippen MR) is 99.1 cm³/mol. The normalized spacial score (nSPS) is 25.1. The first kappa shape index (κ1) is 17.1. The van der Waals surface area contributed by atoms with E-state index >= 15 is 0 Å². The molecule has 1 amide bonds. The van der Waals surface area contributed by atoms with E-state index in [9.17, 15) is 4.79 Å². The van der Waals surface area contributed by atoms with E-state index in [1.807, 2.05) is 56.5 Å². The second-order valence-corrected chi connectivity index (χ2v) is 7.80. The van der Waals surface area contributed by atoms with Crippen LogP contribution in [0, 0.1) is 5.41 Å². The van der Waals surface area contributed by atoms with Crippen molar-refractivity contribution in [2.24, 2.45) is 11.1 Å². The van der Waals surface area contributed by atoms with Crippen molar-refractivity contribution in [3.8, 4) is 10.4 Å². The van der Waals surface area contributed by atoms with Crippen LogP contribution < -0.4 is 11.1 Å². The average Bonchev–Trinajstić information content (AvgIpc) is 3.09. The Morgan fingerprint density at radius 3 is 2.79 bits per heavy atom. The highest BCUT2D eigenvalue weighted by Gasteiger charge is 2.62. The fourth-order valence-corrected chi connectivity index (χ4v) is 3.98. The summed E-state index contributed by atoms with van der Waals surface area (Å²) in [6, 6.07) is 12.0. The minimum atomic E-state index is -0.911. The number of rotatable bonds is 5. The topological polar surface area (TPSA) is 64.3 Å². The summed E-state index contributed by atoms with van der Waals surface area (Å²) in [4.78, 5) is 14.0. The third-order valence-corrected chi connectivity index (χ3v) is 6.08. The first-order valence-electron chi connectivity index (χ1n) is 8.24. The number of hydrogen-bond acceptors (Lipinski definition) is 4. The second kappa shape index (κ2) is 6.31. The van der Waals surface area contributed by atoms with Crippen LogP contribution in [-0.4, -0.2) is 24.2 Å². The van der Waals surface area contributed by atoms with Gasteiger partial charge in [-0.25, -0.2) is 0 Å². The molecule has 0 spiro atoms. The number of hydrogen-bond donors (Lipinski definition) is 2. The molecule has 1 aliphatic carbocycles. The number of nitrogens with one attached hydrogen (secondary N) is 1. The third kappa shape index (κ3) is 2.77. The number of nitrogens with two attached hydrogens (primary N) is 1. The highest BCUT2D eigenvalue weighted by Crippen LogP contribution is 2.50. The van der Waals surface area contributed by atoms with E-state index in [1.54, 1.807) is 11.3 Å². The minimum Gasteiger partial charge on any atom is -0.378 e. The van der Waals surface area contributed by atoms with E-state index in [0.29, 0.717) is 13.0 Å². The lowest BCUT2D eigenvalue weighted by Gasteiger charge is -2.57. The van der Waals surface area contributed by atoms with Crippen molar-refractivity contribution in [3.63, 3.8) is 0 Å². The van der Waals surface area contributed by atoms with Crippen molar-refractivity contribution in [1.82, 2.24) is 0 Å². The molecule has 2 atom stereocenters. The first-order valence-corrected chi connectivity index (χ1v) is 9.12. The number of ether oxygens (including phenoxy) is 1. The standard InChI is InChI=1S/C19H24N2O2S/c1-4-23-16-12-19(20,18(16,2)3)17(22)21-14-8-5-7-13(11-14)15-9-6-10-24-15/h5-11,16H,4,12,20H2,1-3H3,(H,21,22). The largest absolute Gasteiger partial charge is 0.378 e. The minimum absolute atomic E-state index is 0.0238. The quantitative estimate of drug-likeness (QED) is 0.865. The van der Waals surface area contributed by atoms with E-state index in [-0.39, 0.29) is 12.0 Å². The average molecular weight is 344 g/mol. The van der Waals surface area contributed by atoms with Crippen LogP contribution >= 0.6 is 11.3 Å². The van der Waals surface area contributed by atoms with Gasteiger partial charge in [0.15, 0.2) is 0 Å². The van der Waals surface area contributed by atoms with E-state index in [0.717, 1.165) is 11.3 Å². The lowest BCUT2D eigenvalue weighted by molar-refractivity contribution is -0.166. The molecule has 1 aliphatic rings. The maximum Gasteiger partial charge on any atom is 0.245 e. The molecule has 2 aromatic rings. The van der Waals surface area contributed by atoms with Gasteiger partial charge in [0, 0.05) is 29.0 Å². The Hall–Kier alpha value is -1.69. The van der Waals surface area contributed by atoms with E-state index in [2.05, 4.69) is 11.4 Å². The van der Waals surface area contributed by atoms with Crippen LogP contribution in [0.2, 0.25) is 0 Å². The van der Waals surface area contributed by atoms with Gasteiger partial charge in [0.05, 0.1) is 6.10 Å². The second-order valence-electron chi connectivity index (χ2n) is 6.85. The summed E-state index contributed by atoms with van der Waals surface area (Å²) in [6.45, 7) is 6.59. The van der Waals surface area contributed by atoms with Gasteiger partial charge in [-0.05, 0) is 36.1 Å². The van der Waals surface area contributed by atoms with Crippen molar-refractivity contribution in [3.05, 3.63) is 41.8 Å². The molecule has 1 saturated carbocycles.